The first kappa shape index (κ1) is 13.5. The van der Waals surface area contributed by atoms with Crippen LogP contribution in [0, 0.1) is 11.7 Å². The van der Waals surface area contributed by atoms with Crippen molar-refractivity contribution in [3.05, 3.63) is 35.1 Å². The molecule has 1 saturated heterocycles. The van der Waals surface area contributed by atoms with Crippen LogP contribution < -0.4 is 5.73 Å². The van der Waals surface area contributed by atoms with Crippen LogP contribution in [0.1, 0.15) is 37.3 Å². The van der Waals surface area contributed by atoms with E-state index in [1.165, 1.54) is 19.3 Å². The van der Waals surface area contributed by atoms with Crippen LogP contribution in [0.4, 0.5) is 4.39 Å². The Morgan fingerprint density at radius 1 is 1.33 bits per heavy atom. The van der Waals surface area contributed by atoms with Crippen molar-refractivity contribution in [2.24, 2.45) is 11.7 Å². The van der Waals surface area contributed by atoms with E-state index in [-0.39, 0.29) is 5.82 Å². The highest BCUT2D eigenvalue weighted by Gasteiger charge is 2.15. The van der Waals surface area contributed by atoms with Gasteiger partial charge in [-0.2, -0.15) is 0 Å². The number of nitrogens with two attached hydrogens (primary N) is 1. The van der Waals surface area contributed by atoms with Crippen molar-refractivity contribution in [1.82, 2.24) is 4.90 Å². The third-order valence-electron chi connectivity index (χ3n) is 3.86. The summed E-state index contributed by atoms with van der Waals surface area (Å²) in [6, 6.07) is 5.38. The molecule has 1 aromatic carbocycles. The zero-order chi connectivity index (χ0) is 13.0. The van der Waals surface area contributed by atoms with Crippen LogP contribution >= 0.6 is 0 Å². The van der Waals surface area contributed by atoms with Crippen molar-refractivity contribution in [2.75, 3.05) is 13.1 Å². The second kappa shape index (κ2) is 6.30. The Morgan fingerprint density at radius 2 is 2.17 bits per heavy atom. The first-order valence-electron chi connectivity index (χ1n) is 6.88. The molecule has 2 N–H and O–H groups in total. The van der Waals surface area contributed by atoms with Crippen molar-refractivity contribution in [3.63, 3.8) is 0 Å². The molecular formula is C15H23FN2. The quantitative estimate of drug-likeness (QED) is 0.893. The number of hydrogen-bond acceptors (Lipinski definition) is 2. The molecule has 18 heavy (non-hydrogen) atoms. The number of nitrogens with zero attached hydrogens (tertiary/aromatic N) is 1. The molecule has 0 amide bonds. The fourth-order valence-electron chi connectivity index (χ4n) is 2.57. The zero-order valence-corrected chi connectivity index (χ0v) is 11.2. The van der Waals surface area contributed by atoms with Gasteiger partial charge < -0.3 is 5.73 Å². The Bertz CT molecular complexity index is 392. The smallest absolute Gasteiger partial charge is 0.128 e. The van der Waals surface area contributed by atoms with Crippen molar-refractivity contribution in [2.45, 2.75) is 39.3 Å². The van der Waals surface area contributed by atoms with Crippen molar-refractivity contribution < 1.29 is 4.39 Å². The number of likely N-dealkylation sites (tertiary alicyclic amines) is 1. The molecular weight excluding hydrogens is 227 g/mol. The van der Waals surface area contributed by atoms with Gasteiger partial charge in [-0.15, -0.1) is 0 Å². The zero-order valence-electron chi connectivity index (χ0n) is 11.2. The molecule has 0 spiro atoms. The minimum Gasteiger partial charge on any atom is -0.326 e. The fraction of sp³-hybridized carbons (Fsp3) is 0.600. The predicted octanol–water partition coefficient (Wildman–Crippen LogP) is 2.91. The van der Waals surface area contributed by atoms with Gasteiger partial charge in [-0.05, 0) is 49.9 Å². The molecule has 1 unspecified atom stereocenters. The van der Waals surface area contributed by atoms with Crippen LogP contribution in [0.25, 0.3) is 0 Å². The largest absolute Gasteiger partial charge is 0.326 e. The van der Waals surface area contributed by atoms with Crippen LogP contribution in [0.5, 0.6) is 0 Å². The van der Waals surface area contributed by atoms with E-state index in [4.69, 9.17) is 5.73 Å². The van der Waals surface area contributed by atoms with Gasteiger partial charge in [-0.1, -0.05) is 19.1 Å². The molecule has 0 bridgehead atoms. The SMILES string of the molecule is CC1CCCN(Cc2ccc(CN)cc2F)CC1. The first-order chi connectivity index (χ1) is 8.69. The Morgan fingerprint density at radius 3 is 2.89 bits per heavy atom. The number of halogens is 1. The third kappa shape index (κ3) is 3.53. The average molecular weight is 250 g/mol. The van der Waals surface area contributed by atoms with Crippen molar-refractivity contribution in [3.8, 4) is 0 Å². The summed E-state index contributed by atoms with van der Waals surface area (Å²) in [7, 11) is 0. The Kier molecular flexibility index (Phi) is 4.72. The normalized spacial score (nSPS) is 21.8. The van der Waals surface area contributed by atoms with Gasteiger partial charge in [0.25, 0.3) is 0 Å². The van der Waals surface area contributed by atoms with Crippen LogP contribution in [0.2, 0.25) is 0 Å². The maximum Gasteiger partial charge on any atom is 0.128 e. The molecule has 1 fully saturated rings. The van der Waals surface area contributed by atoms with Gasteiger partial charge in [0, 0.05) is 18.7 Å². The van der Waals surface area contributed by atoms with Crippen molar-refractivity contribution >= 4 is 0 Å². The van der Waals surface area contributed by atoms with Gasteiger partial charge in [-0.3, -0.25) is 4.90 Å². The minimum atomic E-state index is -0.116. The molecule has 1 aliphatic rings. The van der Waals surface area contributed by atoms with E-state index in [1.807, 2.05) is 12.1 Å². The Labute approximate surface area is 109 Å². The third-order valence-corrected chi connectivity index (χ3v) is 3.86. The molecule has 0 aliphatic carbocycles. The molecule has 0 radical (unpaired) electrons. The van der Waals surface area contributed by atoms with Crippen molar-refractivity contribution in [1.29, 1.82) is 0 Å². The first-order valence-corrected chi connectivity index (χ1v) is 6.88. The van der Waals surface area contributed by atoms with E-state index in [2.05, 4.69) is 11.8 Å². The molecule has 100 valence electrons. The summed E-state index contributed by atoms with van der Waals surface area (Å²) >= 11 is 0. The topological polar surface area (TPSA) is 29.3 Å². The summed E-state index contributed by atoms with van der Waals surface area (Å²) in [6.07, 6.45) is 3.75. The number of rotatable bonds is 3. The summed E-state index contributed by atoms with van der Waals surface area (Å²) in [6.45, 7) is 5.60. The molecule has 2 nitrogen and oxygen atoms in total. The summed E-state index contributed by atoms with van der Waals surface area (Å²) < 4.78 is 13.9. The summed E-state index contributed by atoms with van der Waals surface area (Å²) in [5, 5.41) is 0. The summed E-state index contributed by atoms with van der Waals surface area (Å²) in [5.74, 6) is 0.690. The second-order valence-electron chi connectivity index (χ2n) is 5.44. The standard InChI is InChI=1S/C15H23FN2/c1-12-3-2-7-18(8-6-12)11-14-5-4-13(10-17)9-15(14)16/h4-5,9,12H,2-3,6-8,10-11,17H2,1H3. The molecule has 1 atom stereocenters. The van der Waals surface area contributed by atoms with Crippen LogP contribution in [0.15, 0.2) is 18.2 Å². The lowest BCUT2D eigenvalue weighted by Crippen LogP contribution is -2.24. The van der Waals surface area contributed by atoms with Gasteiger partial charge in [0.15, 0.2) is 0 Å². The Hall–Kier alpha value is -0.930. The van der Waals surface area contributed by atoms with E-state index >= 15 is 0 Å². The highest BCUT2D eigenvalue weighted by molar-refractivity contribution is 5.24. The molecule has 1 aliphatic heterocycles. The Balaban J connectivity index is 2.00. The van der Waals surface area contributed by atoms with Gasteiger partial charge in [0.05, 0.1) is 0 Å². The second-order valence-corrected chi connectivity index (χ2v) is 5.44. The molecule has 0 saturated carbocycles. The maximum atomic E-state index is 13.9. The van der Waals surface area contributed by atoms with Gasteiger partial charge in [-0.25, -0.2) is 4.39 Å². The highest BCUT2D eigenvalue weighted by Crippen LogP contribution is 2.19. The van der Waals surface area contributed by atoms with E-state index < -0.39 is 0 Å². The van der Waals surface area contributed by atoms with E-state index in [9.17, 15) is 4.39 Å². The van der Waals surface area contributed by atoms with E-state index in [1.54, 1.807) is 6.07 Å². The van der Waals surface area contributed by atoms with E-state index in [0.717, 1.165) is 36.7 Å². The lowest BCUT2D eigenvalue weighted by Gasteiger charge is -2.20. The maximum absolute atomic E-state index is 13.9. The predicted molar refractivity (Wildman–Crippen MR) is 72.6 cm³/mol. The van der Waals surface area contributed by atoms with Crippen LogP contribution in [-0.4, -0.2) is 18.0 Å². The number of benzene rings is 1. The van der Waals surface area contributed by atoms with Gasteiger partial charge in [0.2, 0.25) is 0 Å². The highest BCUT2D eigenvalue weighted by atomic mass is 19.1. The minimum absolute atomic E-state index is 0.116. The molecule has 3 heteroatoms. The summed E-state index contributed by atoms with van der Waals surface area (Å²) in [4.78, 5) is 2.37. The van der Waals surface area contributed by atoms with Crippen LogP contribution in [0.3, 0.4) is 0 Å². The van der Waals surface area contributed by atoms with E-state index in [0.29, 0.717) is 6.54 Å². The molecule has 1 aromatic rings. The van der Waals surface area contributed by atoms with Crippen LogP contribution in [-0.2, 0) is 13.1 Å². The van der Waals surface area contributed by atoms with Gasteiger partial charge in [0.1, 0.15) is 5.82 Å². The lowest BCUT2D eigenvalue weighted by molar-refractivity contribution is 0.269. The monoisotopic (exact) mass is 250 g/mol. The molecule has 1 heterocycles. The average Bonchev–Trinajstić information content (AvgIpc) is 2.57. The van der Waals surface area contributed by atoms with Gasteiger partial charge >= 0.3 is 0 Å². The number of hydrogen-bond donors (Lipinski definition) is 1. The molecule has 2 rings (SSSR count). The fourth-order valence-corrected chi connectivity index (χ4v) is 2.57. The lowest BCUT2D eigenvalue weighted by atomic mass is 10.0. The molecule has 0 aromatic heterocycles. The summed E-state index contributed by atoms with van der Waals surface area (Å²) in [5.41, 5.74) is 7.17.